The molecule has 0 radical (unpaired) electrons. The Labute approximate surface area is 118 Å². The quantitative estimate of drug-likeness (QED) is 0.727. The monoisotopic (exact) mass is 265 g/mol. The molecule has 0 amide bonds. The van der Waals surface area contributed by atoms with E-state index in [-0.39, 0.29) is 0 Å². The highest BCUT2D eigenvalue weighted by molar-refractivity contribution is 5.01. The van der Waals surface area contributed by atoms with Gasteiger partial charge in [0.25, 0.3) is 0 Å². The molecule has 0 aliphatic carbocycles. The zero-order valence-corrected chi connectivity index (χ0v) is 13.3. The second-order valence-corrected chi connectivity index (χ2v) is 5.67. The lowest BCUT2D eigenvalue weighted by atomic mass is 9.99. The summed E-state index contributed by atoms with van der Waals surface area (Å²) in [6.45, 7) is 12.3. The second kappa shape index (κ2) is 8.36. The van der Waals surface area contributed by atoms with E-state index in [1.165, 1.54) is 25.1 Å². The average Bonchev–Trinajstić information content (AvgIpc) is 2.86. The third kappa shape index (κ3) is 4.34. The number of imidazole rings is 1. The van der Waals surface area contributed by atoms with Crippen LogP contribution in [0, 0.1) is 0 Å². The van der Waals surface area contributed by atoms with E-state index in [4.69, 9.17) is 0 Å². The highest BCUT2D eigenvalue weighted by Gasteiger charge is 2.23. The molecule has 2 atom stereocenters. The van der Waals surface area contributed by atoms with Crippen LogP contribution in [0.4, 0.5) is 0 Å². The normalized spacial score (nSPS) is 14.8. The Kier molecular flexibility index (Phi) is 7.14. The number of hydrogen-bond acceptors (Lipinski definition) is 2. The lowest BCUT2D eigenvalue weighted by Crippen LogP contribution is -2.38. The maximum Gasteiger partial charge on any atom is 0.111 e. The van der Waals surface area contributed by atoms with Gasteiger partial charge < -0.3 is 9.88 Å². The number of hydrogen-bond donors (Lipinski definition) is 1. The van der Waals surface area contributed by atoms with Crippen LogP contribution >= 0.6 is 0 Å². The first-order valence-electron chi connectivity index (χ1n) is 7.91. The number of nitrogens with one attached hydrogen (secondary N) is 1. The third-order valence-electron chi connectivity index (χ3n) is 3.71. The molecule has 1 rings (SSSR count). The Morgan fingerprint density at radius 3 is 2.47 bits per heavy atom. The molecule has 0 aromatic carbocycles. The van der Waals surface area contributed by atoms with Crippen molar-refractivity contribution in [2.24, 2.45) is 0 Å². The van der Waals surface area contributed by atoms with Gasteiger partial charge in [-0.1, -0.05) is 41.0 Å². The van der Waals surface area contributed by atoms with Gasteiger partial charge in [-0.2, -0.15) is 0 Å². The largest absolute Gasteiger partial charge is 0.330 e. The molecule has 1 aromatic heterocycles. The Balaban J connectivity index is 2.91. The molecular formula is C16H31N3. The number of nitrogens with zero attached hydrogens (tertiary/aromatic N) is 2. The lowest BCUT2D eigenvalue weighted by molar-refractivity contribution is 0.312. The van der Waals surface area contributed by atoms with E-state index in [1.54, 1.807) is 0 Å². The molecule has 0 saturated carbocycles. The highest BCUT2D eigenvalue weighted by Crippen LogP contribution is 2.24. The van der Waals surface area contributed by atoms with Gasteiger partial charge in [-0.15, -0.1) is 0 Å². The molecule has 0 aliphatic heterocycles. The number of aromatic nitrogens is 2. The minimum atomic E-state index is 0.484. The van der Waals surface area contributed by atoms with Crippen molar-refractivity contribution in [2.75, 3.05) is 6.54 Å². The summed E-state index contributed by atoms with van der Waals surface area (Å²) in [5, 5.41) is 3.73. The summed E-state index contributed by atoms with van der Waals surface area (Å²) in [6, 6.07) is 1.08. The van der Waals surface area contributed by atoms with Crippen molar-refractivity contribution in [1.82, 2.24) is 14.9 Å². The topological polar surface area (TPSA) is 29.9 Å². The smallest absolute Gasteiger partial charge is 0.111 e. The lowest BCUT2D eigenvalue weighted by Gasteiger charge is -2.30. The van der Waals surface area contributed by atoms with Crippen molar-refractivity contribution in [3.63, 3.8) is 0 Å². The van der Waals surface area contributed by atoms with Crippen LogP contribution in [-0.4, -0.2) is 22.1 Å². The van der Waals surface area contributed by atoms with Crippen molar-refractivity contribution in [1.29, 1.82) is 0 Å². The summed E-state index contributed by atoms with van der Waals surface area (Å²) in [4.78, 5) is 4.54. The Bertz CT molecular complexity index is 344. The fourth-order valence-electron chi connectivity index (χ4n) is 2.80. The Hall–Kier alpha value is -0.830. The van der Waals surface area contributed by atoms with E-state index in [9.17, 15) is 0 Å². The first-order chi connectivity index (χ1) is 9.15. The fraction of sp³-hybridized carbons (Fsp3) is 0.812. The molecule has 1 aromatic rings. The van der Waals surface area contributed by atoms with Gasteiger partial charge in [-0.3, -0.25) is 0 Å². The van der Waals surface area contributed by atoms with Crippen LogP contribution < -0.4 is 5.32 Å². The molecular weight excluding hydrogens is 234 g/mol. The van der Waals surface area contributed by atoms with Gasteiger partial charge in [0.1, 0.15) is 5.82 Å². The third-order valence-corrected chi connectivity index (χ3v) is 3.71. The molecule has 0 spiro atoms. The van der Waals surface area contributed by atoms with E-state index in [0.29, 0.717) is 18.0 Å². The van der Waals surface area contributed by atoms with Crippen LogP contribution in [0.2, 0.25) is 0 Å². The maximum atomic E-state index is 4.54. The van der Waals surface area contributed by atoms with Gasteiger partial charge in [0.15, 0.2) is 0 Å². The average molecular weight is 265 g/mol. The van der Waals surface area contributed by atoms with Gasteiger partial charge in [-0.05, 0) is 25.8 Å². The molecule has 0 saturated heterocycles. The highest BCUT2D eigenvalue weighted by atomic mass is 15.1. The van der Waals surface area contributed by atoms with E-state index in [2.05, 4.69) is 55.7 Å². The van der Waals surface area contributed by atoms with Crippen molar-refractivity contribution >= 4 is 0 Å². The van der Waals surface area contributed by atoms with E-state index < -0.39 is 0 Å². The van der Waals surface area contributed by atoms with E-state index in [0.717, 1.165) is 13.0 Å². The Morgan fingerprint density at radius 1 is 1.21 bits per heavy atom. The van der Waals surface area contributed by atoms with Crippen LogP contribution in [0.15, 0.2) is 12.4 Å². The standard InChI is InChI=1S/C16H31N3/c1-6-9-14(17-10-7-2)15(8-3)19-12-11-18-16(19)13(4)5/h11-15,17H,6-10H2,1-5H3. The summed E-state index contributed by atoms with van der Waals surface area (Å²) >= 11 is 0. The maximum absolute atomic E-state index is 4.54. The molecule has 3 heteroatoms. The van der Waals surface area contributed by atoms with Crippen molar-refractivity contribution in [3.05, 3.63) is 18.2 Å². The molecule has 0 fully saturated rings. The predicted octanol–water partition coefficient (Wildman–Crippen LogP) is 4.13. The molecule has 1 N–H and O–H groups in total. The van der Waals surface area contributed by atoms with Crippen molar-refractivity contribution in [2.45, 2.75) is 78.3 Å². The van der Waals surface area contributed by atoms with Crippen LogP contribution in [0.25, 0.3) is 0 Å². The van der Waals surface area contributed by atoms with E-state index in [1.807, 2.05) is 6.20 Å². The summed E-state index contributed by atoms with van der Waals surface area (Å²) in [6.07, 6.45) is 8.90. The minimum absolute atomic E-state index is 0.484. The minimum Gasteiger partial charge on any atom is -0.330 e. The summed E-state index contributed by atoms with van der Waals surface area (Å²) in [5.74, 6) is 1.70. The molecule has 0 bridgehead atoms. The van der Waals surface area contributed by atoms with Gasteiger partial charge in [-0.25, -0.2) is 4.98 Å². The summed E-state index contributed by atoms with van der Waals surface area (Å²) in [7, 11) is 0. The van der Waals surface area contributed by atoms with Gasteiger partial charge in [0, 0.05) is 30.4 Å². The molecule has 3 nitrogen and oxygen atoms in total. The number of rotatable bonds is 9. The van der Waals surface area contributed by atoms with Crippen LogP contribution in [-0.2, 0) is 0 Å². The zero-order chi connectivity index (χ0) is 14.3. The SMILES string of the molecule is CCCNC(CCC)C(CC)n1ccnc1C(C)C. The van der Waals surface area contributed by atoms with Crippen molar-refractivity contribution < 1.29 is 0 Å². The zero-order valence-electron chi connectivity index (χ0n) is 13.3. The van der Waals surface area contributed by atoms with E-state index >= 15 is 0 Å². The molecule has 1 heterocycles. The molecule has 2 unspecified atom stereocenters. The van der Waals surface area contributed by atoms with Crippen LogP contribution in [0.1, 0.15) is 78.1 Å². The predicted molar refractivity (Wildman–Crippen MR) is 82.6 cm³/mol. The van der Waals surface area contributed by atoms with Crippen molar-refractivity contribution in [3.8, 4) is 0 Å². The fourth-order valence-corrected chi connectivity index (χ4v) is 2.80. The van der Waals surface area contributed by atoms with Crippen LogP contribution in [0.3, 0.4) is 0 Å². The van der Waals surface area contributed by atoms with Gasteiger partial charge in [0.05, 0.1) is 0 Å². The first-order valence-corrected chi connectivity index (χ1v) is 7.91. The molecule has 110 valence electrons. The van der Waals surface area contributed by atoms with Gasteiger partial charge in [0.2, 0.25) is 0 Å². The first kappa shape index (κ1) is 16.2. The second-order valence-electron chi connectivity index (χ2n) is 5.67. The summed E-state index contributed by atoms with van der Waals surface area (Å²) in [5.41, 5.74) is 0. The summed E-state index contributed by atoms with van der Waals surface area (Å²) < 4.78 is 2.40. The van der Waals surface area contributed by atoms with Crippen LogP contribution in [0.5, 0.6) is 0 Å². The van der Waals surface area contributed by atoms with Gasteiger partial charge >= 0.3 is 0 Å². The molecule has 0 aliphatic rings. The molecule has 19 heavy (non-hydrogen) atoms. The Morgan fingerprint density at radius 2 is 1.95 bits per heavy atom.